The van der Waals surface area contributed by atoms with E-state index in [1.165, 1.54) is 74.2 Å². The molecule has 6 heteroatoms. The van der Waals surface area contributed by atoms with E-state index in [0.717, 1.165) is 19.3 Å². The SMILES string of the molecule is CCCCCCCCCCCCCCCN(C(=O)c1ccccc1)N1CC(C(=O)O)CC1=O. The topological polar surface area (TPSA) is 77.9 Å². The maximum absolute atomic E-state index is 13.1. The van der Waals surface area contributed by atoms with Gasteiger partial charge in [0.15, 0.2) is 0 Å². The number of hydrogen-bond donors (Lipinski definition) is 1. The summed E-state index contributed by atoms with van der Waals surface area (Å²) in [5.74, 6) is -2.27. The fraction of sp³-hybridized carbons (Fsp3) is 0.667. The van der Waals surface area contributed by atoms with Gasteiger partial charge in [-0.2, -0.15) is 0 Å². The summed E-state index contributed by atoms with van der Waals surface area (Å²) in [4.78, 5) is 36.9. The molecule has 1 aromatic carbocycles. The Hall–Kier alpha value is -2.37. The number of hydrazine groups is 1. The van der Waals surface area contributed by atoms with Crippen molar-refractivity contribution in [3.8, 4) is 0 Å². The van der Waals surface area contributed by atoms with E-state index in [0.29, 0.717) is 12.1 Å². The Morgan fingerprint density at radius 2 is 1.39 bits per heavy atom. The van der Waals surface area contributed by atoms with Gasteiger partial charge in [-0.3, -0.25) is 19.4 Å². The molecule has 1 heterocycles. The quantitative estimate of drug-likeness (QED) is 0.287. The third kappa shape index (κ3) is 9.56. The Balaban J connectivity index is 1.71. The molecule has 1 aromatic rings. The molecule has 2 amide bonds. The highest BCUT2D eigenvalue weighted by Crippen LogP contribution is 2.22. The van der Waals surface area contributed by atoms with Gasteiger partial charge in [0.25, 0.3) is 5.91 Å². The molecular weight excluding hydrogens is 416 g/mol. The molecule has 1 unspecified atom stereocenters. The first-order chi connectivity index (χ1) is 16.0. The second-order valence-electron chi connectivity index (χ2n) is 9.25. The summed E-state index contributed by atoms with van der Waals surface area (Å²) in [7, 11) is 0. The molecule has 0 spiro atoms. The average Bonchev–Trinajstić information content (AvgIpc) is 3.21. The number of benzene rings is 1. The molecule has 33 heavy (non-hydrogen) atoms. The Labute approximate surface area is 199 Å². The Morgan fingerprint density at radius 3 is 1.88 bits per heavy atom. The molecule has 0 aromatic heterocycles. The predicted octanol–water partition coefficient (Wildman–Crippen LogP) is 6.07. The molecule has 184 valence electrons. The minimum absolute atomic E-state index is 0.0491. The van der Waals surface area contributed by atoms with Gasteiger partial charge in [-0.1, -0.05) is 102 Å². The van der Waals surface area contributed by atoms with Crippen molar-refractivity contribution in [3.63, 3.8) is 0 Å². The first-order valence-electron chi connectivity index (χ1n) is 12.9. The number of carboxylic acid groups (broad SMARTS) is 1. The minimum atomic E-state index is -0.987. The molecule has 2 rings (SSSR count). The number of unbranched alkanes of at least 4 members (excludes halogenated alkanes) is 12. The van der Waals surface area contributed by atoms with Crippen molar-refractivity contribution in [2.45, 2.75) is 96.8 Å². The molecule has 1 aliphatic rings. The van der Waals surface area contributed by atoms with Crippen LogP contribution in [-0.4, -0.2) is 46.0 Å². The van der Waals surface area contributed by atoms with E-state index in [4.69, 9.17) is 0 Å². The third-order valence-electron chi connectivity index (χ3n) is 6.47. The number of nitrogens with zero attached hydrogens (tertiary/aromatic N) is 2. The Kier molecular flexibility index (Phi) is 12.6. The van der Waals surface area contributed by atoms with Gasteiger partial charge in [0.1, 0.15) is 0 Å². The smallest absolute Gasteiger partial charge is 0.308 e. The third-order valence-corrected chi connectivity index (χ3v) is 6.47. The van der Waals surface area contributed by atoms with Crippen LogP contribution < -0.4 is 0 Å². The van der Waals surface area contributed by atoms with Crippen LogP contribution in [0.2, 0.25) is 0 Å². The molecule has 1 fully saturated rings. The van der Waals surface area contributed by atoms with Crippen molar-refractivity contribution < 1.29 is 19.5 Å². The molecule has 1 atom stereocenters. The van der Waals surface area contributed by atoms with Crippen molar-refractivity contribution >= 4 is 17.8 Å². The molecule has 1 N–H and O–H groups in total. The lowest BCUT2D eigenvalue weighted by Gasteiger charge is -2.32. The fourth-order valence-electron chi connectivity index (χ4n) is 4.43. The normalized spacial score (nSPS) is 15.7. The van der Waals surface area contributed by atoms with E-state index in [1.54, 1.807) is 24.3 Å². The van der Waals surface area contributed by atoms with E-state index in [9.17, 15) is 19.5 Å². The van der Waals surface area contributed by atoms with Gasteiger partial charge in [0.05, 0.1) is 12.5 Å². The van der Waals surface area contributed by atoms with E-state index in [2.05, 4.69) is 6.92 Å². The van der Waals surface area contributed by atoms with E-state index in [1.807, 2.05) is 6.07 Å². The summed E-state index contributed by atoms with van der Waals surface area (Å²) in [6.07, 6.45) is 16.1. The Bertz CT molecular complexity index is 722. The first-order valence-corrected chi connectivity index (χ1v) is 12.9. The number of carbonyl (C=O) groups is 3. The highest BCUT2D eigenvalue weighted by molar-refractivity contribution is 5.96. The molecule has 1 saturated heterocycles. The predicted molar refractivity (Wildman–Crippen MR) is 131 cm³/mol. The van der Waals surface area contributed by atoms with Crippen LogP contribution >= 0.6 is 0 Å². The zero-order valence-corrected chi connectivity index (χ0v) is 20.3. The van der Waals surface area contributed by atoms with Gasteiger partial charge < -0.3 is 5.11 Å². The van der Waals surface area contributed by atoms with E-state index in [-0.39, 0.29) is 24.8 Å². The lowest BCUT2D eigenvalue weighted by Crippen LogP contribution is -2.48. The van der Waals surface area contributed by atoms with Crippen LogP contribution in [0.5, 0.6) is 0 Å². The summed E-state index contributed by atoms with van der Waals surface area (Å²) in [6.45, 7) is 2.74. The average molecular weight is 459 g/mol. The molecule has 0 bridgehead atoms. The van der Waals surface area contributed by atoms with Crippen LogP contribution in [0.4, 0.5) is 0 Å². The highest BCUT2D eigenvalue weighted by atomic mass is 16.4. The van der Waals surface area contributed by atoms with Crippen LogP contribution in [0.1, 0.15) is 107 Å². The fourth-order valence-corrected chi connectivity index (χ4v) is 4.43. The van der Waals surface area contributed by atoms with Gasteiger partial charge in [0.2, 0.25) is 5.91 Å². The summed E-state index contributed by atoms with van der Waals surface area (Å²) in [5.41, 5.74) is 0.513. The lowest BCUT2D eigenvalue weighted by atomic mass is 10.0. The maximum atomic E-state index is 13.1. The van der Waals surface area contributed by atoms with Crippen molar-refractivity contribution in [1.29, 1.82) is 0 Å². The zero-order valence-electron chi connectivity index (χ0n) is 20.3. The summed E-state index contributed by atoms with van der Waals surface area (Å²) in [6, 6.07) is 8.89. The van der Waals surface area contributed by atoms with Gasteiger partial charge in [-0.25, -0.2) is 5.01 Å². The van der Waals surface area contributed by atoms with Crippen LogP contribution in [0, 0.1) is 5.92 Å². The number of carbonyl (C=O) groups excluding carboxylic acids is 2. The van der Waals surface area contributed by atoms with Crippen molar-refractivity contribution in [3.05, 3.63) is 35.9 Å². The standard InChI is InChI=1S/C27H42N2O4/c1-2-3-4-5-6-7-8-9-10-11-12-13-17-20-28(26(31)23-18-15-14-16-19-23)29-22-24(27(32)33)21-25(29)30/h14-16,18-19,24H,2-13,17,20-22H2,1H3,(H,32,33). The van der Waals surface area contributed by atoms with Crippen molar-refractivity contribution in [2.75, 3.05) is 13.1 Å². The molecule has 0 aliphatic carbocycles. The lowest BCUT2D eigenvalue weighted by molar-refractivity contribution is -0.141. The van der Waals surface area contributed by atoms with Crippen LogP contribution in [-0.2, 0) is 9.59 Å². The Morgan fingerprint density at radius 1 is 0.879 bits per heavy atom. The number of aliphatic carboxylic acids is 1. The van der Waals surface area contributed by atoms with Gasteiger partial charge in [0, 0.05) is 18.5 Å². The molecule has 6 nitrogen and oxygen atoms in total. The van der Waals surface area contributed by atoms with Crippen LogP contribution in [0.15, 0.2) is 30.3 Å². The zero-order chi connectivity index (χ0) is 23.9. The summed E-state index contributed by atoms with van der Waals surface area (Å²) >= 11 is 0. The number of amides is 2. The minimum Gasteiger partial charge on any atom is -0.481 e. The van der Waals surface area contributed by atoms with Gasteiger partial charge >= 0.3 is 5.97 Å². The molecule has 0 radical (unpaired) electrons. The number of rotatable bonds is 17. The first kappa shape index (κ1) is 26.9. The van der Waals surface area contributed by atoms with E-state index >= 15 is 0 Å². The maximum Gasteiger partial charge on any atom is 0.308 e. The van der Waals surface area contributed by atoms with Crippen molar-refractivity contribution in [1.82, 2.24) is 10.0 Å². The van der Waals surface area contributed by atoms with Crippen LogP contribution in [0.25, 0.3) is 0 Å². The second-order valence-corrected chi connectivity index (χ2v) is 9.25. The molecule has 0 saturated carbocycles. The van der Waals surface area contributed by atoms with Gasteiger partial charge in [-0.15, -0.1) is 0 Å². The number of carboxylic acids is 1. The van der Waals surface area contributed by atoms with Crippen molar-refractivity contribution in [2.24, 2.45) is 5.92 Å². The van der Waals surface area contributed by atoms with E-state index < -0.39 is 11.9 Å². The highest BCUT2D eigenvalue weighted by Gasteiger charge is 2.39. The largest absolute Gasteiger partial charge is 0.481 e. The monoisotopic (exact) mass is 458 g/mol. The summed E-state index contributed by atoms with van der Waals surface area (Å²) in [5, 5.41) is 12.1. The molecule has 1 aliphatic heterocycles. The molecular formula is C27H42N2O4. The number of hydrogen-bond acceptors (Lipinski definition) is 3. The summed E-state index contributed by atoms with van der Waals surface area (Å²) < 4.78 is 0. The second kappa shape index (κ2) is 15.5. The van der Waals surface area contributed by atoms with Gasteiger partial charge in [-0.05, 0) is 18.6 Å². The van der Waals surface area contributed by atoms with Crippen LogP contribution in [0.3, 0.4) is 0 Å².